The van der Waals surface area contributed by atoms with E-state index in [-0.39, 0.29) is 24.0 Å². The molecule has 1 N–H and O–H groups in total. The molecule has 0 radical (unpaired) electrons. The number of hydrogen-bond donors (Lipinski definition) is 1. The lowest BCUT2D eigenvalue weighted by atomic mass is 10.3. The van der Waals surface area contributed by atoms with Crippen molar-refractivity contribution < 1.29 is 4.74 Å². The average molecular weight is 438 g/mol. The van der Waals surface area contributed by atoms with Crippen LogP contribution in [-0.2, 0) is 4.74 Å². The highest BCUT2D eigenvalue weighted by molar-refractivity contribution is 14.0. The maximum Gasteiger partial charge on any atom is 0.193 e. The van der Waals surface area contributed by atoms with Crippen molar-refractivity contribution in [1.29, 1.82) is 0 Å². The number of hydrogen-bond acceptors (Lipinski definition) is 3. The first-order valence-corrected chi connectivity index (χ1v) is 8.91. The summed E-state index contributed by atoms with van der Waals surface area (Å²) in [6.07, 6.45) is 5.41. The molecule has 1 atom stereocenters. The maximum absolute atomic E-state index is 5.73. The van der Waals surface area contributed by atoms with E-state index in [0.717, 1.165) is 50.8 Å². The summed E-state index contributed by atoms with van der Waals surface area (Å²) in [5.74, 6) is 1.83. The van der Waals surface area contributed by atoms with Gasteiger partial charge in [-0.3, -0.25) is 9.89 Å². The van der Waals surface area contributed by atoms with Crippen molar-refractivity contribution in [2.45, 2.75) is 51.6 Å². The van der Waals surface area contributed by atoms with Crippen molar-refractivity contribution in [3.05, 3.63) is 0 Å². The third-order valence-corrected chi connectivity index (χ3v) is 4.64. The number of aliphatic imine (C=N–C) groups is 1. The topological polar surface area (TPSA) is 40.1 Å². The Bertz CT molecular complexity index is 359. The van der Waals surface area contributed by atoms with Crippen molar-refractivity contribution >= 4 is 29.9 Å². The van der Waals surface area contributed by atoms with Crippen LogP contribution < -0.4 is 5.32 Å². The van der Waals surface area contributed by atoms with Crippen molar-refractivity contribution in [3.63, 3.8) is 0 Å². The molecule has 6 heteroatoms. The zero-order valence-electron chi connectivity index (χ0n) is 15.3. The Labute approximate surface area is 159 Å². The van der Waals surface area contributed by atoms with E-state index in [0.29, 0.717) is 6.04 Å². The lowest BCUT2D eigenvalue weighted by Gasteiger charge is -2.25. The Morgan fingerprint density at radius 3 is 2.52 bits per heavy atom. The Kier molecular flexibility index (Phi) is 9.77. The van der Waals surface area contributed by atoms with Crippen LogP contribution in [0.3, 0.4) is 0 Å². The summed E-state index contributed by atoms with van der Waals surface area (Å²) in [6, 6.07) is 1.29. The van der Waals surface area contributed by atoms with Gasteiger partial charge in [-0.05, 0) is 52.5 Å². The lowest BCUT2D eigenvalue weighted by Crippen LogP contribution is -2.42. The smallest absolute Gasteiger partial charge is 0.193 e. The molecule has 0 aromatic carbocycles. The van der Waals surface area contributed by atoms with Crippen LogP contribution in [0, 0.1) is 5.92 Å². The minimum Gasteiger partial charge on any atom is -0.379 e. The highest BCUT2D eigenvalue weighted by Crippen LogP contribution is 2.28. The molecule has 0 bridgehead atoms. The second-order valence-electron chi connectivity index (χ2n) is 6.88. The van der Waals surface area contributed by atoms with E-state index in [1.807, 2.05) is 0 Å². The molecule has 0 heterocycles. The molecule has 0 amide bonds. The largest absolute Gasteiger partial charge is 0.379 e. The molecule has 0 saturated heterocycles. The summed E-state index contributed by atoms with van der Waals surface area (Å²) in [5.41, 5.74) is 0. The van der Waals surface area contributed by atoms with Gasteiger partial charge in [0.15, 0.2) is 5.96 Å². The fourth-order valence-electron chi connectivity index (χ4n) is 2.50. The summed E-state index contributed by atoms with van der Waals surface area (Å²) in [5, 5.41) is 3.39. The van der Waals surface area contributed by atoms with Crippen LogP contribution in [0.2, 0.25) is 0 Å². The molecule has 0 spiro atoms. The summed E-state index contributed by atoms with van der Waals surface area (Å²) in [6.45, 7) is 8.75. The van der Waals surface area contributed by atoms with Gasteiger partial charge in [-0.15, -0.1) is 24.0 Å². The van der Waals surface area contributed by atoms with Gasteiger partial charge in [0.25, 0.3) is 0 Å². The standard InChI is InChI=1S/C17H34N4O.HI/c1-5-18-17(19-12-14(2)21(4)16-8-9-16)20(3)10-11-22-13-15-6-7-15;/h14-16H,5-13H2,1-4H3,(H,18,19);1H. The predicted octanol–water partition coefficient (Wildman–Crippen LogP) is 2.41. The second-order valence-corrected chi connectivity index (χ2v) is 6.88. The van der Waals surface area contributed by atoms with Gasteiger partial charge < -0.3 is 15.0 Å². The second kappa shape index (κ2) is 10.7. The molecule has 0 aromatic rings. The first kappa shape index (κ1) is 21.0. The van der Waals surface area contributed by atoms with Gasteiger partial charge in [-0.1, -0.05) is 0 Å². The van der Waals surface area contributed by atoms with Gasteiger partial charge in [-0.2, -0.15) is 0 Å². The van der Waals surface area contributed by atoms with Crippen LogP contribution in [-0.4, -0.2) is 74.8 Å². The molecule has 1 unspecified atom stereocenters. The first-order chi connectivity index (χ1) is 10.6. The molecule has 2 fully saturated rings. The fourth-order valence-corrected chi connectivity index (χ4v) is 2.50. The molecule has 136 valence electrons. The maximum atomic E-state index is 5.73. The quantitative estimate of drug-likeness (QED) is 0.246. The Hall–Kier alpha value is -0.0800. The third-order valence-electron chi connectivity index (χ3n) is 4.64. The van der Waals surface area contributed by atoms with Crippen LogP contribution in [0.25, 0.3) is 0 Å². The fraction of sp³-hybridized carbons (Fsp3) is 0.941. The van der Waals surface area contributed by atoms with Gasteiger partial charge in [0, 0.05) is 38.8 Å². The molecule has 0 aromatic heterocycles. The van der Waals surface area contributed by atoms with Crippen molar-refractivity contribution in [2.75, 3.05) is 46.9 Å². The molecule has 2 rings (SSSR count). The van der Waals surface area contributed by atoms with E-state index in [4.69, 9.17) is 9.73 Å². The summed E-state index contributed by atoms with van der Waals surface area (Å²) < 4.78 is 5.73. The molecular formula is C17H35IN4O. The third kappa shape index (κ3) is 8.03. The van der Waals surface area contributed by atoms with Crippen molar-refractivity contribution in [3.8, 4) is 0 Å². The Morgan fingerprint density at radius 1 is 1.26 bits per heavy atom. The van der Waals surface area contributed by atoms with Crippen LogP contribution >= 0.6 is 24.0 Å². The molecule has 2 aliphatic carbocycles. The SMILES string of the molecule is CCNC(=NCC(C)N(C)C1CC1)N(C)CCOCC1CC1.I. The molecule has 2 aliphatic rings. The van der Waals surface area contributed by atoms with Crippen molar-refractivity contribution in [2.24, 2.45) is 10.9 Å². The van der Waals surface area contributed by atoms with Gasteiger partial charge in [-0.25, -0.2) is 0 Å². The molecule has 23 heavy (non-hydrogen) atoms. The van der Waals surface area contributed by atoms with E-state index in [2.05, 4.69) is 43.1 Å². The van der Waals surface area contributed by atoms with Gasteiger partial charge in [0.2, 0.25) is 0 Å². The highest BCUT2D eigenvalue weighted by Gasteiger charge is 2.29. The molecule has 2 saturated carbocycles. The van der Waals surface area contributed by atoms with E-state index in [9.17, 15) is 0 Å². The highest BCUT2D eigenvalue weighted by atomic mass is 127. The van der Waals surface area contributed by atoms with Crippen LogP contribution in [0.1, 0.15) is 39.5 Å². The number of halogens is 1. The Balaban J connectivity index is 0.00000264. The minimum atomic E-state index is 0. The number of likely N-dealkylation sites (N-methyl/N-ethyl adjacent to an activating group) is 2. The lowest BCUT2D eigenvalue weighted by molar-refractivity contribution is 0.115. The molecular weight excluding hydrogens is 403 g/mol. The zero-order valence-corrected chi connectivity index (χ0v) is 17.6. The normalized spacial score (nSPS) is 19.4. The summed E-state index contributed by atoms with van der Waals surface area (Å²) in [4.78, 5) is 9.45. The van der Waals surface area contributed by atoms with Crippen LogP contribution in [0.5, 0.6) is 0 Å². The predicted molar refractivity (Wildman–Crippen MR) is 108 cm³/mol. The van der Waals surface area contributed by atoms with Gasteiger partial charge >= 0.3 is 0 Å². The number of guanidine groups is 1. The Morgan fingerprint density at radius 2 is 1.96 bits per heavy atom. The van der Waals surface area contributed by atoms with Gasteiger partial charge in [0.05, 0.1) is 13.2 Å². The van der Waals surface area contributed by atoms with E-state index < -0.39 is 0 Å². The minimum absolute atomic E-state index is 0. The number of ether oxygens (including phenoxy) is 1. The molecule has 0 aliphatic heterocycles. The zero-order chi connectivity index (χ0) is 15.9. The van der Waals surface area contributed by atoms with Gasteiger partial charge in [0.1, 0.15) is 0 Å². The van der Waals surface area contributed by atoms with E-state index in [1.165, 1.54) is 25.7 Å². The number of nitrogens with zero attached hydrogens (tertiary/aromatic N) is 3. The number of rotatable bonds is 10. The summed E-state index contributed by atoms with van der Waals surface area (Å²) in [7, 11) is 4.32. The van der Waals surface area contributed by atoms with Crippen LogP contribution in [0.4, 0.5) is 0 Å². The van der Waals surface area contributed by atoms with E-state index >= 15 is 0 Å². The molecule has 5 nitrogen and oxygen atoms in total. The van der Waals surface area contributed by atoms with Crippen LogP contribution in [0.15, 0.2) is 4.99 Å². The number of nitrogens with one attached hydrogen (secondary N) is 1. The van der Waals surface area contributed by atoms with E-state index in [1.54, 1.807) is 0 Å². The van der Waals surface area contributed by atoms with Crippen molar-refractivity contribution in [1.82, 2.24) is 15.1 Å². The first-order valence-electron chi connectivity index (χ1n) is 8.91. The average Bonchev–Trinajstić information content (AvgIpc) is 3.39. The monoisotopic (exact) mass is 438 g/mol. The summed E-state index contributed by atoms with van der Waals surface area (Å²) >= 11 is 0.